The number of terminal acetylenes is 1. The van der Waals surface area contributed by atoms with Crippen molar-refractivity contribution in [3.05, 3.63) is 88.8 Å². The molecule has 1 unspecified atom stereocenters. The quantitative estimate of drug-likeness (QED) is 0.423. The average molecular weight is 394 g/mol. The number of aryl methyl sites for hydroxylation is 1. The van der Waals surface area contributed by atoms with Crippen LogP contribution in [0.2, 0.25) is 5.02 Å². The van der Waals surface area contributed by atoms with Gasteiger partial charge in [-0.15, -0.1) is 6.42 Å². The van der Waals surface area contributed by atoms with Gasteiger partial charge in [0.25, 0.3) is 0 Å². The lowest BCUT2D eigenvalue weighted by atomic mass is 9.79. The summed E-state index contributed by atoms with van der Waals surface area (Å²) in [5.74, 6) is 3.39. The van der Waals surface area contributed by atoms with Crippen LogP contribution in [0, 0.1) is 18.2 Å². The predicted octanol–water partition coefficient (Wildman–Crippen LogP) is 6.58. The molecule has 0 aliphatic rings. The standard InChI is InChI=1S/C24H21ClFNO/c1-3-24(2,18-11-13-19(25)14-12-18)15-7-8-21-16-20(26)17-23(27-21)28-22-9-5-4-6-10-22/h1,4-6,9-14,16-17H,7-8,15H2,2H3. The van der Waals surface area contributed by atoms with E-state index in [1.54, 1.807) is 12.1 Å². The third-order valence-electron chi connectivity index (χ3n) is 4.69. The van der Waals surface area contributed by atoms with Gasteiger partial charge in [0, 0.05) is 16.8 Å². The molecule has 0 amide bonds. The molecule has 4 heteroatoms. The zero-order valence-corrected chi connectivity index (χ0v) is 16.4. The van der Waals surface area contributed by atoms with Gasteiger partial charge in [0.2, 0.25) is 5.88 Å². The maximum atomic E-state index is 14.0. The lowest BCUT2D eigenvalue weighted by Crippen LogP contribution is -2.19. The van der Waals surface area contributed by atoms with E-state index in [1.165, 1.54) is 12.1 Å². The molecule has 0 saturated heterocycles. The Morgan fingerprint density at radius 3 is 2.50 bits per heavy atom. The number of nitrogens with zero attached hydrogens (tertiary/aromatic N) is 1. The van der Waals surface area contributed by atoms with E-state index in [0.717, 1.165) is 18.4 Å². The van der Waals surface area contributed by atoms with Crippen LogP contribution in [0.4, 0.5) is 4.39 Å². The number of aromatic nitrogens is 1. The van der Waals surface area contributed by atoms with Crippen molar-refractivity contribution in [1.29, 1.82) is 0 Å². The fourth-order valence-corrected chi connectivity index (χ4v) is 3.18. The number of hydrogen-bond donors (Lipinski definition) is 0. The van der Waals surface area contributed by atoms with Crippen molar-refractivity contribution in [3.63, 3.8) is 0 Å². The Hall–Kier alpha value is -2.83. The van der Waals surface area contributed by atoms with Gasteiger partial charge in [-0.2, -0.15) is 0 Å². The first-order valence-corrected chi connectivity index (χ1v) is 9.49. The molecule has 0 aliphatic carbocycles. The number of ether oxygens (including phenoxy) is 1. The van der Waals surface area contributed by atoms with Crippen LogP contribution in [0.1, 0.15) is 31.0 Å². The summed E-state index contributed by atoms with van der Waals surface area (Å²) < 4.78 is 19.6. The molecule has 1 heterocycles. The van der Waals surface area contributed by atoms with E-state index in [0.29, 0.717) is 22.9 Å². The van der Waals surface area contributed by atoms with Crippen LogP contribution in [0.25, 0.3) is 0 Å². The highest BCUT2D eigenvalue weighted by atomic mass is 35.5. The maximum absolute atomic E-state index is 14.0. The number of hydrogen-bond acceptors (Lipinski definition) is 2. The van der Waals surface area contributed by atoms with Crippen LogP contribution in [0.5, 0.6) is 11.6 Å². The highest BCUT2D eigenvalue weighted by Gasteiger charge is 2.23. The van der Waals surface area contributed by atoms with Gasteiger partial charge in [0.1, 0.15) is 11.6 Å². The van der Waals surface area contributed by atoms with Crippen LogP contribution in [0.15, 0.2) is 66.7 Å². The third kappa shape index (κ3) is 5.12. The highest BCUT2D eigenvalue weighted by Crippen LogP contribution is 2.30. The van der Waals surface area contributed by atoms with Crippen molar-refractivity contribution < 1.29 is 9.13 Å². The second-order valence-electron chi connectivity index (χ2n) is 6.87. The van der Waals surface area contributed by atoms with Gasteiger partial charge in [0.05, 0.1) is 5.41 Å². The second-order valence-corrected chi connectivity index (χ2v) is 7.30. The highest BCUT2D eigenvalue weighted by molar-refractivity contribution is 6.30. The van der Waals surface area contributed by atoms with E-state index in [9.17, 15) is 4.39 Å². The molecule has 142 valence electrons. The topological polar surface area (TPSA) is 22.1 Å². The van der Waals surface area contributed by atoms with Crippen LogP contribution in [-0.4, -0.2) is 4.98 Å². The number of pyridine rings is 1. The Morgan fingerprint density at radius 2 is 1.82 bits per heavy atom. The van der Waals surface area contributed by atoms with E-state index in [1.807, 2.05) is 49.4 Å². The van der Waals surface area contributed by atoms with E-state index >= 15 is 0 Å². The van der Waals surface area contributed by atoms with Gasteiger partial charge in [-0.3, -0.25) is 0 Å². The number of halogens is 2. The van der Waals surface area contributed by atoms with Gasteiger partial charge in [0.15, 0.2) is 0 Å². The molecule has 3 rings (SSSR count). The minimum Gasteiger partial charge on any atom is -0.439 e. The van der Waals surface area contributed by atoms with Crippen LogP contribution in [0.3, 0.4) is 0 Å². The van der Waals surface area contributed by atoms with E-state index in [2.05, 4.69) is 10.9 Å². The van der Waals surface area contributed by atoms with Gasteiger partial charge < -0.3 is 4.74 Å². The summed E-state index contributed by atoms with van der Waals surface area (Å²) in [4.78, 5) is 4.43. The molecular weight excluding hydrogens is 373 g/mol. The number of para-hydroxylation sites is 1. The van der Waals surface area contributed by atoms with Crippen molar-refractivity contribution in [3.8, 4) is 24.0 Å². The zero-order chi connectivity index (χ0) is 20.0. The minimum absolute atomic E-state index is 0.249. The zero-order valence-electron chi connectivity index (χ0n) is 15.7. The molecule has 0 fully saturated rings. The predicted molar refractivity (Wildman–Crippen MR) is 111 cm³/mol. The fourth-order valence-electron chi connectivity index (χ4n) is 3.06. The van der Waals surface area contributed by atoms with Crippen molar-refractivity contribution in [2.45, 2.75) is 31.6 Å². The molecule has 1 aromatic heterocycles. The molecule has 0 aliphatic heterocycles. The average Bonchev–Trinajstić information content (AvgIpc) is 2.68. The summed E-state index contributed by atoms with van der Waals surface area (Å²) in [7, 11) is 0. The van der Waals surface area contributed by atoms with Gasteiger partial charge >= 0.3 is 0 Å². The first kappa shape index (κ1) is 19.9. The Morgan fingerprint density at radius 1 is 1.11 bits per heavy atom. The lowest BCUT2D eigenvalue weighted by Gasteiger charge is -2.24. The Labute approximate surface area is 170 Å². The number of benzene rings is 2. The molecule has 2 nitrogen and oxygen atoms in total. The molecule has 1 atom stereocenters. The van der Waals surface area contributed by atoms with Crippen LogP contribution < -0.4 is 4.74 Å². The van der Waals surface area contributed by atoms with E-state index < -0.39 is 5.41 Å². The summed E-state index contributed by atoms with van der Waals surface area (Å²) in [6, 6.07) is 19.5. The van der Waals surface area contributed by atoms with Crippen molar-refractivity contribution in [2.24, 2.45) is 0 Å². The molecule has 3 aromatic rings. The minimum atomic E-state index is -0.415. The molecule has 2 aromatic carbocycles. The summed E-state index contributed by atoms with van der Waals surface area (Å²) in [6.45, 7) is 2.03. The third-order valence-corrected chi connectivity index (χ3v) is 4.95. The molecular formula is C24H21ClFNO. The molecule has 0 radical (unpaired) electrons. The second kappa shape index (κ2) is 8.91. The van der Waals surface area contributed by atoms with Crippen molar-refractivity contribution in [2.75, 3.05) is 0 Å². The largest absolute Gasteiger partial charge is 0.439 e. The SMILES string of the molecule is C#CC(C)(CCCc1cc(F)cc(Oc2ccccc2)n1)c1ccc(Cl)cc1. The Balaban J connectivity index is 1.67. The van der Waals surface area contributed by atoms with E-state index in [-0.39, 0.29) is 11.7 Å². The van der Waals surface area contributed by atoms with Gasteiger partial charge in [-0.05, 0) is 62.1 Å². The first-order valence-electron chi connectivity index (χ1n) is 9.12. The molecule has 0 spiro atoms. The first-order chi connectivity index (χ1) is 13.5. The fraction of sp³-hybridized carbons (Fsp3) is 0.208. The van der Waals surface area contributed by atoms with Crippen LogP contribution in [-0.2, 0) is 11.8 Å². The Kier molecular flexibility index (Phi) is 6.34. The Bertz CT molecular complexity index is 966. The smallest absolute Gasteiger partial charge is 0.222 e. The maximum Gasteiger partial charge on any atom is 0.222 e. The number of rotatable bonds is 7. The normalized spacial score (nSPS) is 12.8. The molecule has 0 bridgehead atoms. The molecule has 0 saturated carbocycles. The summed E-state index contributed by atoms with van der Waals surface area (Å²) in [5.41, 5.74) is 1.27. The van der Waals surface area contributed by atoms with Crippen LogP contribution >= 0.6 is 11.6 Å². The molecule has 0 N–H and O–H groups in total. The van der Waals surface area contributed by atoms with Gasteiger partial charge in [-0.25, -0.2) is 9.37 Å². The summed E-state index contributed by atoms with van der Waals surface area (Å²) in [6.07, 6.45) is 7.93. The van der Waals surface area contributed by atoms with Crippen molar-refractivity contribution in [1.82, 2.24) is 4.98 Å². The lowest BCUT2D eigenvalue weighted by molar-refractivity contribution is 0.452. The molecule has 28 heavy (non-hydrogen) atoms. The summed E-state index contributed by atoms with van der Waals surface area (Å²) in [5, 5.41) is 0.679. The summed E-state index contributed by atoms with van der Waals surface area (Å²) >= 11 is 5.97. The van der Waals surface area contributed by atoms with Crippen molar-refractivity contribution >= 4 is 11.6 Å². The van der Waals surface area contributed by atoms with Gasteiger partial charge in [-0.1, -0.05) is 47.9 Å². The van der Waals surface area contributed by atoms with E-state index in [4.69, 9.17) is 22.8 Å². The monoisotopic (exact) mass is 393 g/mol.